The number of carbonyl (C=O) groups is 2. The van der Waals surface area contributed by atoms with Gasteiger partial charge in [-0.2, -0.15) is 0 Å². The normalized spacial score (nSPS) is 23.5. The van der Waals surface area contributed by atoms with Crippen LogP contribution < -0.4 is 10.4 Å². The number of piperazine rings is 1. The lowest BCUT2D eigenvalue weighted by Gasteiger charge is -2.43. The first-order valence-electron chi connectivity index (χ1n) is 12.8. The average Bonchev–Trinajstić information content (AvgIpc) is 2.97. The summed E-state index contributed by atoms with van der Waals surface area (Å²) in [6.07, 6.45) is -0.622. The number of ether oxygens (including phenoxy) is 1. The van der Waals surface area contributed by atoms with Gasteiger partial charge in [-0.25, -0.2) is 9.59 Å². The van der Waals surface area contributed by atoms with Gasteiger partial charge in [0.15, 0.2) is 0 Å². The first-order valence-corrected chi connectivity index (χ1v) is 12.8. The van der Waals surface area contributed by atoms with Crippen molar-refractivity contribution in [2.45, 2.75) is 91.2 Å². The molecule has 0 unspecified atom stereocenters. The maximum Gasteiger partial charge on any atom is 0.495 e. The largest absolute Gasteiger partial charge is 0.495 e. The molecule has 3 heterocycles. The van der Waals surface area contributed by atoms with Gasteiger partial charge in [0, 0.05) is 37.9 Å². The molecule has 0 aromatic heterocycles. The molecule has 0 radical (unpaired) electrons. The minimum Gasteiger partial charge on any atom is -0.465 e. The van der Waals surface area contributed by atoms with Crippen molar-refractivity contribution < 1.29 is 28.7 Å². The summed E-state index contributed by atoms with van der Waals surface area (Å²) in [6, 6.07) is 4.07. The predicted octanol–water partition coefficient (Wildman–Crippen LogP) is 3.47. The third kappa shape index (κ3) is 5.02. The molecular weight excluding hydrogens is 461 g/mol. The van der Waals surface area contributed by atoms with Crippen LogP contribution in [0.2, 0.25) is 0 Å². The van der Waals surface area contributed by atoms with Crippen LogP contribution in [0, 0.1) is 0 Å². The molecular formula is C26H40BN3O6. The second-order valence-electron chi connectivity index (χ2n) is 12.1. The van der Waals surface area contributed by atoms with Gasteiger partial charge in [-0.3, -0.25) is 0 Å². The van der Waals surface area contributed by atoms with Crippen molar-refractivity contribution in [3.05, 3.63) is 23.3 Å². The van der Waals surface area contributed by atoms with Crippen LogP contribution in [-0.2, 0) is 27.0 Å². The van der Waals surface area contributed by atoms with E-state index in [1.165, 1.54) is 4.90 Å². The van der Waals surface area contributed by atoms with Crippen LogP contribution in [-0.4, -0.2) is 83.2 Å². The third-order valence-corrected chi connectivity index (χ3v) is 7.80. The number of nitrogens with zero attached hydrogens (tertiary/aromatic N) is 3. The number of hydrogen-bond donors (Lipinski definition) is 1. The lowest BCUT2D eigenvalue weighted by molar-refractivity contribution is 0.00578. The highest BCUT2D eigenvalue weighted by atomic mass is 16.7. The fourth-order valence-electron chi connectivity index (χ4n) is 5.11. The summed E-state index contributed by atoms with van der Waals surface area (Å²) in [5.74, 6) is 0. The highest BCUT2D eigenvalue weighted by molar-refractivity contribution is 6.62. The molecule has 0 saturated carbocycles. The fourth-order valence-corrected chi connectivity index (χ4v) is 5.11. The van der Waals surface area contributed by atoms with Crippen molar-refractivity contribution in [3.63, 3.8) is 0 Å². The summed E-state index contributed by atoms with van der Waals surface area (Å²) in [6.45, 7) is 18.3. The van der Waals surface area contributed by atoms with Crippen molar-refractivity contribution in [2.24, 2.45) is 0 Å². The number of amides is 2. The zero-order valence-corrected chi connectivity index (χ0v) is 22.9. The Bertz CT molecular complexity index is 1020. The van der Waals surface area contributed by atoms with Crippen LogP contribution in [0.15, 0.2) is 12.1 Å². The molecule has 2 fully saturated rings. The quantitative estimate of drug-likeness (QED) is 0.621. The number of hydrogen-bond acceptors (Lipinski definition) is 6. The van der Waals surface area contributed by atoms with Gasteiger partial charge < -0.3 is 33.9 Å². The summed E-state index contributed by atoms with van der Waals surface area (Å²) in [7, 11) is -0.503. The Balaban J connectivity index is 1.63. The first kappa shape index (κ1) is 26.6. The Morgan fingerprint density at radius 1 is 1.06 bits per heavy atom. The maximum atomic E-state index is 12.7. The number of fused-ring (bicyclic) bond motifs is 1. The van der Waals surface area contributed by atoms with Gasteiger partial charge in [-0.1, -0.05) is 6.07 Å². The van der Waals surface area contributed by atoms with E-state index in [-0.39, 0.29) is 12.1 Å². The van der Waals surface area contributed by atoms with Crippen molar-refractivity contribution in [2.75, 3.05) is 31.1 Å². The number of rotatable bonds is 2. The Kier molecular flexibility index (Phi) is 6.75. The number of benzene rings is 1. The summed E-state index contributed by atoms with van der Waals surface area (Å²) >= 11 is 0. The van der Waals surface area contributed by atoms with E-state index in [0.717, 1.165) is 22.3 Å². The fraction of sp³-hybridized carbons (Fsp3) is 0.692. The lowest BCUT2D eigenvalue weighted by Crippen LogP contribution is -2.55. The van der Waals surface area contributed by atoms with Crippen molar-refractivity contribution in [1.82, 2.24) is 9.80 Å². The molecule has 0 spiro atoms. The summed E-state index contributed by atoms with van der Waals surface area (Å²) < 4.78 is 18.3. The molecule has 2 amide bonds. The summed E-state index contributed by atoms with van der Waals surface area (Å²) in [5, 5.41) is 9.72. The molecule has 1 aromatic carbocycles. The molecule has 36 heavy (non-hydrogen) atoms. The van der Waals surface area contributed by atoms with Gasteiger partial charge in [0.05, 0.1) is 17.7 Å². The van der Waals surface area contributed by atoms with E-state index < -0.39 is 30.0 Å². The Hall–Kier alpha value is -2.46. The molecule has 0 bridgehead atoms. The van der Waals surface area contributed by atoms with Gasteiger partial charge in [-0.15, -0.1) is 0 Å². The van der Waals surface area contributed by atoms with Crippen LogP contribution in [0.5, 0.6) is 0 Å². The summed E-state index contributed by atoms with van der Waals surface area (Å²) in [5.41, 5.74) is 2.61. The molecule has 3 aliphatic rings. The highest BCUT2D eigenvalue weighted by Crippen LogP contribution is 2.38. The Morgan fingerprint density at radius 2 is 1.69 bits per heavy atom. The van der Waals surface area contributed by atoms with Gasteiger partial charge in [0.1, 0.15) is 5.60 Å². The molecule has 3 aliphatic heterocycles. The zero-order chi connectivity index (χ0) is 26.6. The van der Waals surface area contributed by atoms with Crippen molar-refractivity contribution in [1.29, 1.82) is 0 Å². The van der Waals surface area contributed by atoms with Crippen LogP contribution >= 0.6 is 0 Å². The van der Waals surface area contributed by atoms with E-state index in [4.69, 9.17) is 14.0 Å². The molecule has 1 aromatic rings. The van der Waals surface area contributed by atoms with E-state index in [9.17, 15) is 14.7 Å². The van der Waals surface area contributed by atoms with Crippen LogP contribution in [0.25, 0.3) is 0 Å². The van der Waals surface area contributed by atoms with Gasteiger partial charge in [0.25, 0.3) is 0 Å². The zero-order valence-electron chi connectivity index (χ0n) is 22.9. The molecule has 10 heteroatoms. The minimum absolute atomic E-state index is 0.0498. The summed E-state index contributed by atoms with van der Waals surface area (Å²) in [4.78, 5) is 30.0. The molecule has 1 N–H and O–H groups in total. The molecule has 4 rings (SSSR count). The topological polar surface area (TPSA) is 91.8 Å². The van der Waals surface area contributed by atoms with Gasteiger partial charge in [-0.05, 0) is 84.5 Å². The highest BCUT2D eigenvalue weighted by Gasteiger charge is 2.52. The molecule has 1 atom stereocenters. The average molecular weight is 501 g/mol. The second kappa shape index (κ2) is 9.13. The van der Waals surface area contributed by atoms with Gasteiger partial charge >= 0.3 is 19.3 Å². The van der Waals surface area contributed by atoms with Crippen molar-refractivity contribution >= 4 is 30.5 Å². The smallest absolute Gasteiger partial charge is 0.465 e. The Morgan fingerprint density at radius 3 is 2.25 bits per heavy atom. The molecule has 2 saturated heterocycles. The van der Waals surface area contributed by atoms with Crippen LogP contribution in [0.1, 0.15) is 66.5 Å². The molecule has 9 nitrogen and oxygen atoms in total. The number of carboxylic acid groups (broad SMARTS) is 1. The number of anilines is 1. The van der Waals surface area contributed by atoms with Crippen LogP contribution in [0.3, 0.4) is 0 Å². The minimum atomic E-state index is -0.921. The SMILES string of the molecule is C[C@@H]1CN(c2ccc(B3OC(C)(C)C(C)(C)O3)c3c2CN(C(=O)O)CC3)CCN1C(=O)OC(C)(C)C. The third-order valence-electron chi connectivity index (χ3n) is 7.80. The first-order chi connectivity index (χ1) is 16.6. The van der Waals surface area contributed by atoms with E-state index in [1.807, 2.05) is 55.4 Å². The standard InChI is InChI=1S/C26H40BN3O6/c1-17-15-28(13-14-30(17)23(33)34-24(2,3)4)21-10-9-20(27-35-25(5,6)26(7,8)36-27)18-11-12-29(22(31)32)16-19(18)21/h9-10,17H,11-16H2,1-8H3,(H,31,32)/t17-/m1/s1. The van der Waals surface area contributed by atoms with E-state index in [1.54, 1.807) is 4.90 Å². The Labute approximate surface area is 214 Å². The molecule has 198 valence electrons. The van der Waals surface area contributed by atoms with Crippen LogP contribution in [0.4, 0.5) is 15.3 Å². The van der Waals surface area contributed by atoms with E-state index in [2.05, 4.69) is 17.0 Å². The maximum absolute atomic E-state index is 12.7. The molecule has 0 aliphatic carbocycles. The monoisotopic (exact) mass is 501 g/mol. The van der Waals surface area contributed by atoms with E-state index in [0.29, 0.717) is 39.1 Å². The lowest BCUT2D eigenvalue weighted by atomic mass is 9.72. The van der Waals surface area contributed by atoms with Gasteiger partial charge in [0.2, 0.25) is 0 Å². The van der Waals surface area contributed by atoms with Crippen molar-refractivity contribution in [3.8, 4) is 0 Å². The van der Waals surface area contributed by atoms with E-state index >= 15 is 0 Å². The number of carbonyl (C=O) groups excluding carboxylic acids is 1. The second-order valence-corrected chi connectivity index (χ2v) is 12.1. The predicted molar refractivity (Wildman–Crippen MR) is 139 cm³/mol.